The molecule has 1 heterocycles. The van der Waals surface area contributed by atoms with Gasteiger partial charge in [-0.2, -0.15) is 0 Å². The molecule has 0 N–H and O–H groups in total. The second kappa shape index (κ2) is 6.96. The van der Waals surface area contributed by atoms with Gasteiger partial charge in [0.05, 0.1) is 21.2 Å². The molecule has 0 radical (unpaired) electrons. The SMILES string of the molecule is CC(C)(C)n1nnnc1SCCS(=O)(=O)c1cc(Cl)ccc1Cl. The van der Waals surface area contributed by atoms with Gasteiger partial charge in [-0.3, -0.25) is 0 Å². The molecular weight excluding hydrogens is 379 g/mol. The molecule has 0 aliphatic carbocycles. The van der Waals surface area contributed by atoms with E-state index in [0.29, 0.717) is 15.9 Å². The Bertz CT molecular complexity index is 801. The molecule has 1 aromatic heterocycles. The lowest BCUT2D eigenvalue weighted by Crippen LogP contribution is -2.24. The van der Waals surface area contributed by atoms with Gasteiger partial charge in [-0.25, -0.2) is 13.1 Å². The van der Waals surface area contributed by atoms with Crippen molar-refractivity contribution in [1.29, 1.82) is 0 Å². The number of aromatic nitrogens is 4. The number of sulfone groups is 1. The Kier molecular flexibility index (Phi) is 5.60. The van der Waals surface area contributed by atoms with Crippen molar-refractivity contribution in [3.63, 3.8) is 0 Å². The highest BCUT2D eigenvalue weighted by Crippen LogP contribution is 2.27. The second-order valence-corrected chi connectivity index (χ2v) is 9.77. The Morgan fingerprint density at radius 1 is 1.26 bits per heavy atom. The summed E-state index contributed by atoms with van der Waals surface area (Å²) in [5, 5.41) is 12.6. The van der Waals surface area contributed by atoms with Crippen LogP contribution in [0.2, 0.25) is 10.0 Å². The summed E-state index contributed by atoms with van der Waals surface area (Å²) in [6.07, 6.45) is 0. The molecule has 10 heteroatoms. The number of rotatable bonds is 5. The summed E-state index contributed by atoms with van der Waals surface area (Å²) in [7, 11) is -3.53. The van der Waals surface area contributed by atoms with Crippen molar-refractivity contribution in [2.45, 2.75) is 36.4 Å². The number of benzene rings is 1. The highest BCUT2D eigenvalue weighted by atomic mass is 35.5. The summed E-state index contributed by atoms with van der Waals surface area (Å²) < 4.78 is 26.5. The molecule has 0 aliphatic rings. The predicted octanol–water partition coefficient (Wildman–Crippen LogP) is 3.30. The van der Waals surface area contributed by atoms with E-state index in [9.17, 15) is 8.42 Å². The first-order chi connectivity index (χ1) is 10.6. The molecule has 0 unspecified atom stereocenters. The topological polar surface area (TPSA) is 77.7 Å². The lowest BCUT2D eigenvalue weighted by molar-refractivity contribution is 0.321. The maximum Gasteiger partial charge on any atom is 0.209 e. The fraction of sp³-hybridized carbons (Fsp3) is 0.462. The van der Waals surface area contributed by atoms with Crippen LogP contribution in [0, 0.1) is 0 Å². The van der Waals surface area contributed by atoms with Crippen molar-refractivity contribution in [1.82, 2.24) is 20.2 Å². The van der Waals surface area contributed by atoms with E-state index in [0.717, 1.165) is 0 Å². The average molecular weight is 395 g/mol. The van der Waals surface area contributed by atoms with Crippen LogP contribution >= 0.6 is 35.0 Å². The summed E-state index contributed by atoms with van der Waals surface area (Å²) >= 11 is 13.1. The number of tetrazole rings is 1. The van der Waals surface area contributed by atoms with Gasteiger partial charge >= 0.3 is 0 Å². The molecular formula is C13H16Cl2N4O2S2. The summed E-state index contributed by atoms with van der Waals surface area (Å²) in [6, 6.07) is 4.39. The average Bonchev–Trinajstić information content (AvgIpc) is 2.89. The third kappa shape index (κ3) is 4.59. The van der Waals surface area contributed by atoms with Gasteiger partial charge in [-0.1, -0.05) is 35.0 Å². The minimum Gasteiger partial charge on any atom is -0.224 e. The minimum atomic E-state index is -3.53. The molecule has 0 saturated heterocycles. The lowest BCUT2D eigenvalue weighted by atomic mass is 10.1. The predicted molar refractivity (Wildman–Crippen MR) is 92.1 cm³/mol. The van der Waals surface area contributed by atoms with Crippen LogP contribution in [0.15, 0.2) is 28.3 Å². The van der Waals surface area contributed by atoms with Crippen molar-refractivity contribution in [2.75, 3.05) is 11.5 Å². The van der Waals surface area contributed by atoms with E-state index >= 15 is 0 Å². The minimum absolute atomic E-state index is 0.0441. The summed E-state index contributed by atoms with van der Waals surface area (Å²) in [4.78, 5) is 0.0441. The van der Waals surface area contributed by atoms with Crippen molar-refractivity contribution < 1.29 is 8.42 Å². The maximum absolute atomic E-state index is 12.4. The van der Waals surface area contributed by atoms with Crippen LogP contribution in [0.1, 0.15) is 20.8 Å². The number of thioether (sulfide) groups is 1. The Labute approximate surface area is 149 Å². The van der Waals surface area contributed by atoms with Crippen molar-refractivity contribution >= 4 is 44.8 Å². The van der Waals surface area contributed by atoms with Crippen LogP contribution in [-0.2, 0) is 15.4 Å². The quantitative estimate of drug-likeness (QED) is 0.723. The van der Waals surface area contributed by atoms with Crippen LogP contribution in [0.25, 0.3) is 0 Å². The van der Waals surface area contributed by atoms with Crippen molar-refractivity contribution in [2.24, 2.45) is 0 Å². The summed E-state index contributed by atoms with van der Waals surface area (Å²) in [6.45, 7) is 5.90. The molecule has 126 valence electrons. The van der Waals surface area contributed by atoms with Gasteiger partial charge in [-0.15, -0.1) is 5.10 Å². The first kappa shape index (κ1) is 18.5. The number of hydrogen-bond donors (Lipinski definition) is 0. The third-order valence-corrected chi connectivity index (χ3v) is 6.49. The van der Waals surface area contributed by atoms with E-state index in [1.54, 1.807) is 10.7 Å². The van der Waals surface area contributed by atoms with Crippen molar-refractivity contribution in [3.05, 3.63) is 28.2 Å². The van der Waals surface area contributed by atoms with Crippen LogP contribution < -0.4 is 0 Å². The maximum atomic E-state index is 12.4. The largest absolute Gasteiger partial charge is 0.224 e. The van der Waals surface area contributed by atoms with E-state index in [2.05, 4.69) is 15.5 Å². The van der Waals surface area contributed by atoms with Gasteiger partial charge in [0.15, 0.2) is 9.84 Å². The molecule has 6 nitrogen and oxygen atoms in total. The molecule has 0 spiro atoms. The van der Waals surface area contributed by atoms with Crippen LogP contribution in [-0.4, -0.2) is 40.1 Å². The molecule has 0 bridgehead atoms. The van der Waals surface area contributed by atoms with E-state index < -0.39 is 9.84 Å². The van der Waals surface area contributed by atoms with Crippen LogP contribution in [0.3, 0.4) is 0 Å². The fourth-order valence-electron chi connectivity index (χ4n) is 1.76. The smallest absolute Gasteiger partial charge is 0.209 e. The normalized spacial score (nSPS) is 12.6. The Hall–Kier alpha value is -0.830. The molecule has 0 amide bonds. The Morgan fingerprint density at radius 3 is 2.61 bits per heavy atom. The van der Waals surface area contributed by atoms with Gasteiger partial charge < -0.3 is 0 Å². The van der Waals surface area contributed by atoms with E-state index in [4.69, 9.17) is 23.2 Å². The summed E-state index contributed by atoms with van der Waals surface area (Å²) in [5.41, 5.74) is -0.277. The highest BCUT2D eigenvalue weighted by Gasteiger charge is 2.22. The number of halogens is 2. The van der Waals surface area contributed by atoms with E-state index in [1.165, 1.54) is 23.9 Å². The zero-order valence-electron chi connectivity index (χ0n) is 12.8. The summed E-state index contributed by atoms with van der Waals surface area (Å²) in [5.74, 6) is 0.219. The molecule has 23 heavy (non-hydrogen) atoms. The lowest BCUT2D eigenvalue weighted by Gasteiger charge is -2.19. The molecule has 2 aromatic rings. The van der Waals surface area contributed by atoms with Gasteiger partial charge in [0.2, 0.25) is 5.16 Å². The van der Waals surface area contributed by atoms with Gasteiger partial charge in [0.1, 0.15) is 0 Å². The first-order valence-corrected chi connectivity index (χ1v) is 10.1. The Morgan fingerprint density at radius 2 is 1.96 bits per heavy atom. The zero-order chi connectivity index (χ0) is 17.3. The molecule has 0 fully saturated rings. The van der Waals surface area contributed by atoms with E-state index in [1.807, 2.05) is 20.8 Å². The number of nitrogens with zero attached hydrogens (tertiary/aromatic N) is 4. The Balaban J connectivity index is 2.09. The van der Waals surface area contributed by atoms with Gasteiger partial charge in [0.25, 0.3) is 0 Å². The molecule has 2 rings (SSSR count). The van der Waals surface area contributed by atoms with Gasteiger partial charge in [-0.05, 0) is 49.4 Å². The third-order valence-electron chi connectivity index (χ3n) is 2.89. The molecule has 1 aromatic carbocycles. The fourth-order valence-corrected chi connectivity index (χ4v) is 5.28. The van der Waals surface area contributed by atoms with Gasteiger partial charge in [0, 0.05) is 10.8 Å². The monoisotopic (exact) mass is 394 g/mol. The standard InChI is InChI=1S/C13H16Cl2N4O2S2/c1-13(2,3)19-12(16-17-18-19)22-6-7-23(20,21)11-8-9(14)4-5-10(11)15/h4-5,8H,6-7H2,1-3H3. The zero-order valence-corrected chi connectivity index (χ0v) is 16.0. The van der Waals surface area contributed by atoms with Crippen LogP contribution in [0.4, 0.5) is 0 Å². The highest BCUT2D eigenvalue weighted by molar-refractivity contribution is 8.00. The van der Waals surface area contributed by atoms with E-state index in [-0.39, 0.29) is 21.2 Å². The molecule has 0 aliphatic heterocycles. The number of hydrogen-bond acceptors (Lipinski definition) is 6. The van der Waals surface area contributed by atoms with Crippen molar-refractivity contribution in [3.8, 4) is 0 Å². The molecule has 0 saturated carbocycles. The molecule has 0 atom stereocenters. The first-order valence-electron chi connectivity index (χ1n) is 6.71. The van der Waals surface area contributed by atoms with Crippen LogP contribution in [0.5, 0.6) is 0 Å². The second-order valence-electron chi connectivity index (χ2n) is 5.79.